The molecule has 0 bridgehead atoms. The number of nitrogens with zero attached hydrogens (tertiary/aromatic N) is 3. The Balaban J connectivity index is 1.42. The maximum absolute atomic E-state index is 12.8. The van der Waals surface area contributed by atoms with Crippen molar-refractivity contribution in [2.75, 3.05) is 31.2 Å². The van der Waals surface area contributed by atoms with Gasteiger partial charge in [-0.15, -0.1) is 0 Å². The molecule has 1 saturated heterocycles. The van der Waals surface area contributed by atoms with Crippen LogP contribution in [0, 0.1) is 5.92 Å². The molecular weight excluding hydrogens is 375 g/mol. The average molecular weight is 393 g/mol. The van der Waals surface area contributed by atoms with Crippen LogP contribution < -0.4 is 14.4 Å². The van der Waals surface area contributed by atoms with E-state index in [9.17, 15) is 18.0 Å². The van der Waals surface area contributed by atoms with E-state index in [0.29, 0.717) is 56.2 Å². The van der Waals surface area contributed by atoms with Gasteiger partial charge in [0.25, 0.3) is 0 Å². The van der Waals surface area contributed by atoms with E-state index in [1.165, 1.54) is 0 Å². The van der Waals surface area contributed by atoms with E-state index >= 15 is 0 Å². The number of aromatic nitrogens is 2. The number of hydrogen-bond donors (Lipinski definition) is 0. The van der Waals surface area contributed by atoms with Gasteiger partial charge in [0.05, 0.1) is 0 Å². The van der Waals surface area contributed by atoms with Crippen molar-refractivity contribution >= 4 is 11.7 Å². The maximum atomic E-state index is 12.8. The minimum atomic E-state index is -4.51. The van der Waals surface area contributed by atoms with Crippen LogP contribution in [0.2, 0.25) is 0 Å². The lowest BCUT2D eigenvalue weighted by atomic mass is 9.89. The van der Waals surface area contributed by atoms with Crippen LogP contribution in [0.25, 0.3) is 0 Å². The predicted octanol–water partition coefficient (Wildman–Crippen LogP) is 3.37. The molecule has 3 heterocycles. The lowest BCUT2D eigenvalue weighted by molar-refractivity contribution is -0.141. The van der Waals surface area contributed by atoms with Crippen molar-refractivity contribution in [3.05, 3.63) is 41.7 Å². The first-order chi connectivity index (χ1) is 13.4. The number of anilines is 1. The topological polar surface area (TPSA) is 64.6 Å². The molecule has 2 aromatic rings. The van der Waals surface area contributed by atoms with Crippen LogP contribution in [0.4, 0.5) is 19.1 Å². The van der Waals surface area contributed by atoms with E-state index in [0.717, 1.165) is 12.3 Å². The zero-order valence-electron chi connectivity index (χ0n) is 14.9. The molecule has 6 nitrogen and oxygen atoms in total. The Morgan fingerprint density at radius 1 is 1.07 bits per heavy atom. The summed E-state index contributed by atoms with van der Waals surface area (Å²) in [6.07, 6.45) is -2.36. The number of Topliss-reactive ketones (excluding diaryl/α,β-unsaturated/α-hetero) is 1. The van der Waals surface area contributed by atoms with E-state index in [1.54, 1.807) is 23.1 Å². The van der Waals surface area contributed by atoms with Crippen LogP contribution in [0.15, 0.2) is 30.5 Å². The molecule has 0 unspecified atom stereocenters. The summed E-state index contributed by atoms with van der Waals surface area (Å²) in [5.74, 6) is 1.03. The summed E-state index contributed by atoms with van der Waals surface area (Å²) in [6.45, 7) is 1.76. The predicted molar refractivity (Wildman–Crippen MR) is 93.7 cm³/mol. The molecule has 0 N–H and O–H groups in total. The van der Waals surface area contributed by atoms with E-state index in [4.69, 9.17) is 9.47 Å². The number of benzene rings is 1. The summed E-state index contributed by atoms with van der Waals surface area (Å²) < 4.78 is 49.5. The van der Waals surface area contributed by atoms with Gasteiger partial charge in [-0.3, -0.25) is 4.79 Å². The fourth-order valence-electron chi connectivity index (χ4n) is 3.43. The van der Waals surface area contributed by atoms with E-state index < -0.39 is 11.9 Å². The highest BCUT2D eigenvalue weighted by molar-refractivity contribution is 5.98. The number of carbonyl (C=O) groups is 1. The van der Waals surface area contributed by atoms with Gasteiger partial charge in [-0.05, 0) is 37.1 Å². The molecule has 0 atom stereocenters. The molecule has 0 spiro atoms. The average Bonchev–Trinajstić information content (AvgIpc) is 2.72. The van der Waals surface area contributed by atoms with Gasteiger partial charge in [0.2, 0.25) is 5.95 Å². The summed E-state index contributed by atoms with van der Waals surface area (Å²) in [5, 5.41) is 0. The Morgan fingerprint density at radius 3 is 2.50 bits per heavy atom. The molecule has 0 amide bonds. The van der Waals surface area contributed by atoms with Crippen LogP contribution in [-0.4, -0.2) is 42.1 Å². The minimum Gasteiger partial charge on any atom is -0.486 e. The number of halogens is 3. The fraction of sp³-hybridized carbons (Fsp3) is 0.421. The number of piperidine rings is 1. The Morgan fingerprint density at radius 2 is 1.79 bits per heavy atom. The molecule has 28 heavy (non-hydrogen) atoms. The second-order valence-electron chi connectivity index (χ2n) is 6.72. The highest BCUT2D eigenvalue weighted by Gasteiger charge is 2.34. The first-order valence-corrected chi connectivity index (χ1v) is 9.01. The third-order valence-electron chi connectivity index (χ3n) is 4.91. The second-order valence-corrected chi connectivity index (χ2v) is 6.72. The van der Waals surface area contributed by atoms with E-state index in [1.807, 2.05) is 0 Å². The highest BCUT2D eigenvalue weighted by Crippen LogP contribution is 2.33. The summed E-state index contributed by atoms with van der Waals surface area (Å²) in [6, 6.07) is 5.99. The number of ketones is 1. The van der Waals surface area contributed by atoms with Crippen LogP contribution in [0.3, 0.4) is 0 Å². The van der Waals surface area contributed by atoms with Crippen LogP contribution in [0.5, 0.6) is 11.5 Å². The molecule has 148 valence electrons. The quantitative estimate of drug-likeness (QED) is 0.745. The summed E-state index contributed by atoms with van der Waals surface area (Å²) in [7, 11) is 0. The molecule has 0 saturated carbocycles. The van der Waals surface area contributed by atoms with E-state index in [-0.39, 0.29) is 17.6 Å². The second kappa shape index (κ2) is 7.29. The van der Waals surface area contributed by atoms with Gasteiger partial charge < -0.3 is 14.4 Å². The van der Waals surface area contributed by atoms with Gasteiger partial charge in [-0.25, -0.2) is 9.97 Å². The Kier molecular flexibility index (Phi) is 4.82. The number of carbonyl (C=O) groups excluding carboxylic acids is 1. The van der Waals surface area contributed by atoms with Crippen LogP contribution >= 0.6 is 0 Å². The smallest absolute Gasteiger partial charge is 0.433 e. The van der Waals surface area contributed by atoms with Gasteiger partial charge in [-0.1, -0.05) is 0 Å². The van der Waals surface area contributed by atoms with Gasteiger partial charge in [0.15, 0.2) is 17.3 Å². The minimum absolute atomic E-state index is 0.00147. The summed E-state index contributed by atoms with van der Waals surface area (Å²) in [5.41, 5.74) is -0.412. The lowest BCUT2D eigenvalue weighted by Crippen LogP contribution is -2.37. The normalized spacial score (nSPS) is 17.5. The van der Waals surface area contributed by atoms with Gasteiger partial charge in [0, 0.05) is 30.8 Å². The number of hydrogen-bond acceptors (Lipinski definition) is 6. The third kappa shape index (κ3) is 3.74. The SMILES string of the molecule is O=C(c1ccc2c(c1)OCCO2)C1CCN(c2nccc(C(F)(F)F)n2)CC1. The maximum Gasteiger partial charge on any atom is 0.433 e. The Hall–Kier alpha value is -2.84. The van der Waals surface area contributed by atoms with Gasteiger partial charge >= 0.3 is 6.18 Å². The van der Waals surface area contributed by atoms with Crippen molar-refractivity contribution < 1.29 is 27.4 Å². The lowest BCUT2D eigenvalue weighted by Gasteiger charge is -2.31. The summed E-state index contributed by atoms with van der Waals surface area (Å²) >= 11 is 0. The van der Waals surface area contributed by atoms with Crippen molar-refractivity contribution in [1.29, 1.82) is 0 Å². The molecule has 1 fully saturated rings. The summed E-state index contributed by atoms with van der Waals surface area (Å²) in [4.78, 5) is 22.1. The Bertz CT molecular complexity index is 880. The number of alkyl halides is 3. The van der Waals surface area contributed by atoms with Crippen molar-refractivity contribution in [2.24, 2.45) is 5.92 Å². The zero-order chi connectivity index (χ0) is 19.7. The Labute approximate surface area is 159 Å². The van der Waals surface area contributed by atoms with Gasteiger partial charge in [0.1, 0.15) is 18.9 Å². The van der Waals surface area contributed by atoms with Crippen molar-refractivity contribution in [3.8, 4) is 11.5 Å². The molecule has 0 aliphatic carbocycles. The first-order valence-electron chi connectivity index (χ1n) is 9.01. The number of ether oxygens (including phenoxy) is 2. The molecule has 1 aromatic carbocycles. The largest absolute Gasteiger partial charge is 0.486 e. The standard InChI is InChI=1S/C19H18F3N3O3/c20-19(21,22)16-3-6-23-18(24-16)25-7-4-12(5-8-25)17(26)13-1-2-14-15(11-13)28-10-9-27-14/h1-3,6,11-12H,4-5,7-10H2. The molecule has 1 aromatic heterocycles. The van der Waals surface area contributed by atoms with Crippen molar-refractivity contribution in [3.63, 3.8) is 0 Å². The molecule has 2 aliphatic rings. The molecular formula is C19H18F3N3O3. The molecule has 9 heteroatoms. The monoisotopic (exact) mass is 393 g/mol. The fourth-order valence-corrected chi connectivity index (χ4v) is 3.43. The van der Waals surface area contributed by atoms with E-state index in [2.05, 4.69) is 9.97 Å². The van der Waals surface area contributed by atoms with Crippen LogP contribution in [0.1, 0.15) is 28.9 Å². The third-order valence-corrected chi connectivity index (χ3v) is 4.91. The molecule has 4 rings (SSSR count). The van der Waals surface area contributed by atoms with Gasteiger partial charge in [-0.2, -0.15) is 13.2 Å². The molecule has 0 radical (unpaired) electrons. The number of fused-ring (bicyclic) bond motifs is 1. The highest BCUT2D eigenvalue weighted by atomic mass is 19.4. The van der Waals surface area contributed by atoms with Crippen molar-refractivity contribution in [1.82, 2.24) is 9.97 Å². The zero-order valence-corrected chi connectivity index (χ0v) is 14.9. The van der Waals surface area contributed by atoms with Crippen LogP contribution in [-0.2, 0) is 6.18 Å². The number of rotatable bonds is 3. The first kappa shape index (κ1) is 18.5. The van der Waals surface area contributed by atoms with Crippen molar-refractivity contribution in [2.45, 2.75) is 19.0 Å². The molecule has 2 aliphatic heterocycles.